The Kier molecular flexibility index (Phi) is 4.73. The number of anilines is 1. The van der Waals surface area contributed by atoms with Crippen LogP contribution in [-0.2, 0) is 6.18 Å². The smallest absolute Gasteiger partial charge is 0.354 e. The van der Waals surface area contributed by atoms with Crippen molar-refractivity contribution in [3.8, 4) is 0 Å². The average Bonchev–Trinajstić information content (AvgIpc) is 3.10. The third-order valence-corrected chi connectivity index (χ3v) is 5.46. The SMILES string of the molecule is FC(F)(F)c1cc(N2CCN(CC3CCCCC3)CC2)n2ncnc2n1. The Hall–Kier alpha value is -1.90. The lowest BCUT2D eigenvalue weighted by Gasteiger charge is -2.38. The molecule has 0 N–H and O–H groups in total. The minimum atomic E-state index is -4.49. The van der Waals surface area contributed by atoms with Gasteiger partial charge in [-0.25, -0.2) is 4.98 Å². The van der Waals surface area contributed by atoms with E-state index in [1.807, 2.05) is 4.90 Å². The number of hydrogen-bond acceptors (Lipinski definition) is 5. The first-order valence-corrected chi connectivity index (χ1v) is 9.26. The summed E-state index contributed by atoms with van der Waals surface area (Å²) in [6.45, 7) is 4.19. The molecule has 0 atom stereocenters. The predicted octanol–water partition coefficient (Wildman–Crippen LogP) is 2.85. The van der Waals surface area contributed by atoms with Crippen molar-refractivity contribution in [3.63, 3.8) is 0 Å². The normalized spacial score (nSPS) is 20.8. The molecule has 0 bridgehead atoms. The summed E-state index contributed by atoms with van der Waals surface area (Å²) < 4.78 is 40.8. The summed E-state index contributed by atoms with van der Waals surface area (Å²) in [5.74, 6) is 1.17. The number of rotatable bonds is 3. The largest absolute Gasteiger partial charge is 0.433 e. The van der Waals surface area contributed by atoms with Crippen LogP contribution in [0, 0.1) is 5.92 Å². The van der Waals surface area contributed by atoms with Crippen LogP contribution in [0.4, 0.5) is 19.0 Å². The van der Waals surface area contributed by atoms with Crippen LogP contribution in [0.5, 0.6) is 0 Å². The zero-order valence-corrected chi connectivity index (χ0v) is 14.6. The fourth-order valence-corrected chi connectivity index (χ4v) is 4.06. The Labute approximate surface area is 150 Å². The molecule has 2 aromatic rings. The Morgan fingerprint density at radius 1 is 1.04 bits per heavy atom. The number of piperazine rings is 1. The van der Waals surface area contributed by atoms with Crippen LogP contribution in [0.1, 0.15) is 37.8 Å². The summed E-state index contributed by atoms with van der Waals surface area (Å²) in [6, 6.07) is 1.08. The number of alkyl halides is 3. The van der Waals surface area contributed by atoms with Gasteiger partial charge in [-0.3, -0.25) is 4.90 Å². The summed E-state index contributed by atoms with van der Waals surface area (Å²) in [6.07, 6.45) is 3.36. The Bertz CT molecular complexity index is 745. The Balaban J connectivity index is 1.47. The zero-order valence-electron chi connectivity index (χ0n) is 14.6. The van der Waals surface area contributed by atoms with E-state index in [1.165, 1.54) is 42.9 Å². The second kappa shape index (κ2) is 7.02. The molecular weight excluding hydrogens is 345 g/mol. The van der Waals surface area contributed by atoms with Crippen molar-refractivity contribution >= 4 is 11.6 Å². The maximum atomic E-state index is 13.1. The molecule has 2 fully saturated rings. The molecule has 4 rings (SSSR count). The van der Waals surface area contributed by atoms with Gasteiger partial charge in [0.05, 0.1) is 0 Å². The highest BCUT2D eigenvalue weighted by Gasteiger charge is 2.35. The molecule has 26 heavy (non-hydrogen) atoms. The average molecular weight is 368 g/mol. The van der Waals surface area contributed by atoms with E-state index in [2.05, 4.69) is 20.0 Å². The van der Waals surface area contributed by atoms with Gasteiger partial charge in [-0.2, -0.15) is 27.8 Å². The number of aromatic nitrogens is 4. The molecule has 3 heterocycles. The molecule has 1 aliphatic heterocycles. The first kappa shape index (κ1) is 17.5. The van der Waals surface area contributed by atoms with Gasteiger partial charge in [0.1, 0.15) is 12.1 Å². The molecule has 0 aromatic carbocycles. The number of nitrogens with zero attached hydrogens (tertiary/aromatic N) is 6. The predicted molar refractivity (Wildman–Crippen MR) is 91.0 cm³/mol. The van der Waals surface area contributed by atoms with Crippen LogP contribution in [0.2, 0.25) is 0 Å². The van der Waals surface area contributed by atoms with Crippen molar-refractivity contribution < 1.29 is 13.2 Å². The third-order valence-electron chi connectivity index (χ3n) is 5.46. The van der Waals surface area contributed by atoms with E-state index in [4.69, 9.17) is 0 Å². The van der Waals surface area contributed by atoms with Gasteiger partial charge in [0.2, 0.25) is 0 Å². The minimum absolute atomic E-state index is 0.0144. The van der Waals surface area contributed by atoms with E-state index in [9.17, 15) is 13.2 Å². The Morgan fingerprint density at radius 3 is 2.46 bits per heavy atom. The van der Waals surface area contributed by atoms with Gasteiger partial charge in [0.25, 0.3) is 5.78 Å². The van der Waals surface area contributed by atoms with Gasteiger partial charge < -0.3 is 4.90 Å². The first-order chi connectivity index (χ1) is 12.5. The molecule has 1 saturated carbocycles. The fourth-order valence-electron chi connectivity index (χ4n) is 4.06. The summed E-state index contributed by atoms with van der Waals surface area (Å²) >= 11 is 0. The molecule has 0 amide bonds. The molecule has 6 nitrogen and oxygen atoms in total. The summed E-state index contributed by atoms with van der Waals surface area (Å²) in [5, 5.41) is 4.05. The molecule has 142 valence electrons. The lowest BCUT2D eigenvalue weighted by atomic mass is 9.89. The maximum Gasteiger partial charge on any atom is 0.433 e. The molecule has 2 aliphatic rings. The van der Waals surface area contributed by atoms with Crippen molar-refractivity contribution in [2.24, 2.45) is 5.92 Å². The lowest BCUT2D eigenvalue weighted by Crippen LogP contribution is -2.48. The second-order valence-electron chi connectivity index (χ2n) is 7.26. The second-order valence-corrected chi connectivity index (χ2v) is 7.26. The number of fused-ring (bicyclic) bond motifs is 1. The van der Waals surface area contributed by atoms with Gasteiger partial charge in [0.15, 0.2) is 5.69 Å². The number of halogens is 3. The van der Waals surface area contributed by atoms with E-state index in [-0.39, 0.29) is 5.78 Å². The quantitative estimate of drug-likeness (QED) is 0.834. The van der Waals surface area contributed by atoms with Crippen LogP contribution in [0.3, 0.4) is 0 Å². The minimum Gasteiger partial charge on any atom is -0.354 e. The lowest BCUT2D eigenvalue weighted by molar-refractivity contribution is -0.141. The monoisotopic (exact) mass is 368 g/mol. The summed E-state index contributed by atoms with van der Waals surface area (Å²) in [7, 11) is 0. The van der Waals surface area contributed by atoms with Crippen molar-refractivity contribution in [2.45, 2.75) is 38.3 Å². The molecular formula is C17H23F3N6. The van der Waals surface area contributed by atoms with Gasteiger partial charge in [0, 0.05) is 38.8 Å². The van der Waals surface area contributed by atoms with Crippen LogP contribution in [0.15, 0.2) is 12.4 Å². The Morgan fingerprint density at radius 2 is 1.77 bits per heavy atom. The topological polar surface area (TPSA) is 49.6 Å². The molecule has 1 saturated heterocycles. The van der Waals surface area contributed by atoms with Crippen molar-refractivity contribution in [1.29, 1.82) is 0 Å². The van der Waals surface area contributed by atoms with E-state index < -0.39 is 11.9 Å². The third kappa shape index (κ3) is 3.62. The van der Waals surface area contributed by atoms with Gasteiger partial charge in [-0.05, 0) is 18.8 Å². The van der Waals surface area contributed by atoms with E-state index in [0.717, 1.165) is 31.6 Å². The van der Waals surface area contributed by atoms with E-state index in [0.29, 0.717) is 18.9 Å². The summed E-state index contributed by atoms with van der Waals surface area (Å²) in [5.41, 5.74) is -0.919. The molecule has 2 aromatic heterocycles. The van der Waals surface area contributed by atoms with Crippen LogP contribution < -0.4 is 4.90 Å². The van der Waals surface area contributed by atoms with E-state index >= 15 is 0 Å². The van der Waals surface area contributed by atoms with Crippen molar-refractivity contribution in [3.05, 3.63) is 18.1 Å². The number of hydrogen-bond donors (Lipinski definition) is 0. The summed E-state index contributed by atoms with van der Waals surface area (Å²) in [4.78, 5) is 11.8. The molecule has 9 heteroatoms. The van der Waals surface area contributed by atoms with Crippen LogP contribution in [0.25, 0.3) is 5.78 Å². The molecule has 0 unspecified atom stereocenters. The highest BCUT2D eigenvalue weighted by atomic mass is 19.4. The fraction of sp³-hybridized carbons (Fsp3) is 0.706. The molecule has 0 spiro atoms. The van der Waals surface area contributed by atoms with Crippen LogP contribution >= 0.6 is 0 Å². The first-order valence-electron chi connectivity index (χ1n) is 9.26. The van der Waals surface area contributed by atoms with Gasteiger partial charge >= 0.3 is 6.18 Å². The van der Waals surface area contributed by atoms with Crippen LogP contribution in [-0.4, -0.2) is 57.2 Å². The van der Waals surface area contributed by atoms with Crippen molar-refractivity contribution in [2.75, 3.05) is 37.6 Å². The van der Waals surface area contributed by atoms with Crippen molar-refractivity contribution in [1.82, 2.24) is 24.5 Å². The molecule has 0 radical (unpaired) electrons. The maximum absolute atomic E-state index is 13.1. The standard InChI is InChI=1S/C17H23F3N6/c18-17(19,20)14-10-15(26-16(23-14)21-12-22-26)25-8-6-24(7-9-25)11-13-4-2-1-3-5-13/h10,12-13H,1-9,11H2. The highest BCUT2D eigenvalue weighted by molar-refractivity contribution is 5.48. The van der Waals surface area contributed by atoms with E-state index in [1.54, 1.807) is 0 Å². The van der Waals surface area contributed by atoms with Gasteiger partial charge in [-0.15, -0.1) is 0 Å². The zero-order chi connectivity index (χ0) is 18.1. The molecule has 1 aliphatic carbocycles. The van der Waals surface area contributed by atoms with Gasteiger partial charge in [-0.1, -0.05) is 19.3 Å². The highest BCUT2D eigenvalue weighted by Crippen LogP contribution is 2.31.